The molecule has 1 fully saturated rings. The predicted octanol–water partition coefficient (Wildman–Crippen LogP) is 5.14. The van der Waals surface area contributed by atoms with Crippen LogP contribution in [0.1, 0.15) is 35.8 Å². The number of thioether (sulfide) groups is 1. The molecule has 1 unspecified atom stereocenters. The smallest absolute Gasteiger partial charge is 0.270 e. The van der Waals surface area contributed by atoms with E-state index in [1.807, 2.05) is 35.3 Å². The monoisotopic (exact) mass is 438 g/mol. The summed E-state index contributed by atoms with van der Waals surface area (Å²) >= 11 is 1.39. The summed E-state index contributed by atoms with van der Waals surface area (Å²) in [5, 5.41) is 20.3. The van der Waals surface area contributed by atoms with Crippen LogP contribution in [-0.4, -0.2) is 33.3 Å². The number of carbonyl (C=O) groups is 1. The number of fused-ring (bicyclic) bond motifs is 1. The van der Waals surface area contributed by atoms with Gasteiger partial charge >= 0.3 is 0 Å². The largest absolute Gasteiger partial charge is 0.356 e. The van der Waals surface area contributed by atoms with Gasteiger partial charge in [-0.05, 0) is 43.7 Å². The van der Waals surface area contributed by atoms with Gasteiger partial charge in [-0.2, -0.15) is 5.10 Å². The fourth-order valence-corrected chi connectivity index (χ4v) is 3.99. The molecule has 31 heavy (non-hydrogen) atoms. The molecule has 0 amide bonds. The number of nitro benzene ring substituents is 1. The molecule has 1 N–H and O–H groups in total. The van der Waals surface area contributed by atoms with Crippen LogP contribution in [0.2, 0.25) is 0 Å². The molecular weight excluding hydrogens is 416 g/mol. The quantitative estimate of drug-likeness (QED) is 0.236. The number of anilines is 1. The average Bonchev–Trinajstić information content (AvgIpc) is 3.22. The van der Waals surface area contributed by atoms with Crippen LogP contribution in [0.5, 0.6) is 0 Å². The maximum absolute atomic E-state index is 12.6. The number of non-ortho nitro benzene ring substituents is 1. The second kappa shape index (κ2) is 9.32. The Bertz CT molecular complexity index is 1150. The van der Waals surface area contributed by atoms with E-state index in [0.717, 1.165) is 42.5 Å². The van der Waals surface area contributed by atoms with Gasteiger partial charge in [0.2, 0.25) is 0 Å². The summed E-state index contributed by atoms with van der Waals surface area (Å²) in [5.74, 6) is -0.302. The number of nitrogens with zero attached hydrogens (tertiary/aromatic N) is 3. The maximum atomic E-state index is 12.6. The number of nitrogens with one attached hydrogen (secondary N) is 1. The van der Waals surface area contributed by atoms with Crippen molar-refractivity contribution in [3.8, 4) is 0 Å². The second-order valence-electron chi connectivity index (χ2n) is 7.19. The molecule has 1 aliphatic rings. The molecule has 3 aromatic rings. The second-order valence-corrected chi connectivity index (χ2v) is 8.04. The maximum Gasteiger partial charge on any atom is 0.270 e. The zero-order valence-electron chi connectivity index (χ0n) is 17.0. The molecule has 0 aliphatic carbocycles. The fourth-order valence-electron chi connectivity index (χ4n) is 3.54. The lowest BCUT2D eigenvalue weighted by molar-refractivity contribution is -0.384. The molecular formula is C22H22N4O4S. The van der Waals surface area contributed by atoms with E-state index in [1.54, 1.807) is 6.07 Å². The van der Waals surface area contributed by atoms with Crippen LogP contribution in [0, 0.1) is 10.1 Å². The van der Waals surface area contributed by atoms with Gasteiger partial charge in [-0.1, -0.05) is 12.1 Å². The molecule has 1 saturated heterocycles. The van der Waals surface area contributed by atoms with Gasteiger partial charge in [-0.25, -0.2) is 4.68 Å². The summed E-state index contributed by atoms with van der Waals surface area (Å²) < 4.78 is 7.77. The van der Waals surface area contributed by atoms with E-state index < -0.39 is 4.92 Å². The van der Waals surface area contributed by atoms with Crippen molar-refractivity contribution in [1.82, 2.24) is 9.78 Å². The summed E-state index contributed by atoms with van der Waals surface area (Å²) in [7, 11) is 0. The minimum atomic E-state index is -0.512. The first-order valence-electron chi connectivity index (χ1n) is 9.95. The Morgan fingerprint density at radius 1 is 1.32 bits per heavy atom. The first kappa shape index (κ1) is 21.1. The van der Waals surface area contributed by atoms with Crippen LogP contribution in [0.15, 0.2) is 59.8 Å². The summed E-state index contributed by atoms with van der Waals surface area (Å²) in [6, 6.07) is 11.6. The lowest BCUT2D eigenvalue weighted by atomic mass is 10.1. The van der Waals surface area contributed by atoms with Crippen LogP contribution in [0.4, 0.5) is 11.4 Å². The van der Waals surface area contributed by atoms with Crippen molar-refractivity contribution in [2.45, 2.75) is 25.5 Å². The highest BCUT2D eigenvalue weighted by atomic mass is 32.2. The summed E-state index contributed by atoms with van der Waals surface area (Å²) in [4.78, 5) is 23.0. The molecule has 1 aliphatic heterocycles. The van der Waals surface area contributed by atoms with Crippen molar-refractivity contribution in [2.24, 2.45) is 0 Å². The number of allylic oxidation sites excluding steroid dienone is 1. The molecule has 8 nitrogen and oxygen atoms in total. The molecule has 4 rings (SSSR count). The van der Waals surface area contributed by atoms with Gasteiger partial charge in [0.1, 0.15) is 0 Å². The lowest BCUT2D eigenvalue weighted by Gasteiger charge is -2.23. The van der Waals surface area contributed by atoms with Gasteiger partial charge in [0.05, 0.1) is 21.7 Å². The Balaban J connectivity index is 1.53. The third kappa shape index (κ3) is 4.78. The van der Waals surface area contributed by atoms with Gasteiger partial charge in [0, 0.05) is 41.5 Å². The van der Waals surface area contributed by atoms with E-state index >= 15 is 0 Å². The molecule has 2 heterocycles. The van der Waals surface area contributed by atoms with Gasteiger partial charge in [0.15, 0.2) is 12.0 Å². The van der Waals surface area contributed by atoms with Crippen LogP contribution < -0.4 is 5.32 Å². The Morgan fingerprint density at radius 2 is 2.19 bits per heavy atom. The van der Waals surface area contributed by atoms with Crippen molar-refractivity contribution in [1.29, 1.82) is 0 Å². The van der Waals surface area contributed by atoms with E-state index in [9.17, 15) is 14.9 Å². The molecule has 0 radical (unpaired) electrons. The number of benzene rings is 2. The van der Waals surface area contributed by atoms with Crippen molar-refractivity contribution < 1.29 is 14.5 Å². The van der Waals surface area contributed by atoms with E-state index in [-0.39, 0.29) is 23.3 Å². The van der Waals surface area contributed by atoms with Gasteiger partial charge in [-0.3, -0.25) is 14.9 Å². The Morgan fingerprint density at radius 3 is 2.94 bits per heavy atom. The fraction of sp³-hybridized carbons (Fsp3) is 0.273. The Kier molecular flexibility index (Phi) is 6.34. The van der Waals surface area contributed by atoms with E-state index in [4.69, 9.17) is 4.74 Å². The van der Waals surface area contributed by atoms with E-state index in [2.05, 4.69) is 10.4 Å². The first-order valence-corrected chi connectivity index (χ1v) is 11.2. The van der Waals surface area contributed by atoms with Gasteiger partial charge < -0.3 is 10.1 Å². The molecule has 9 heteroatoms. The number of hydrogen-bond donors (Lipinski definition) is 1. The van der Waals surface area contributed by atoms with Crippen LogP contribution >= 0.6 is 11.8 Å². The van der Waals surface area contributed by atoms with Crippen LogP contribution in [0.25, 0.3) is 10.9 Å². The van der Waals surface area contributed by atoms with Crippen LogP contribution in [0.3, 0.4) is 0 Å². The zero-order chi connectivity index (χ0) is 21.8. The van der Waals surface area contributed by atoms with Crippen molar-refractivity contribution in [3.63, 3.8) is 0 Å². The lowest BCUT2D eigenvalue weighted by Crippen LogP contribution is -2.18. The zero-order valence-corrected chi connectivity index (χ0v) is 17.8. The molecule has 1 aromatic heterocycles. The summed E-state index contributed by atoms with van der Waals surface area (Å²) in [5.41, 5.74) is 1.98. The Hall–Kier alpha value is -3.17. The van der Waals surface area contributed by atoms with E-state index in [1.165, 1.54) is 36.0 Å². The van der Waals surface area contributed by atoms with Crippen molar-refractivity contribution in [2.75, 3.05) is 18.2 Å². The number of hydrogen-bond acceptors (Lipinski definition) is 7. The highest BCUT2D eigenvalue weighted by molar-refractivity contribution is 8.02. The molecule has 2 aromatic carbocycles. The average molecular weight is 439 g/mol. The topological polar surface area (TPSA) is 99.3 Å². The number of aromatic nitrogens is 2. The number of rotatable bonds is 7. The highest BCUT2D eigenvalue weighted by Crippen LogP contribution is 2.28. The number of ether oxygens (including phenoxy) is 1. The standard InChI is InChI=1S/C22H22N4O4S/c1-31-21(13-20(27)15-5-4-6-18(12-15)26(28)29)24-17-8-9-19-16(11-17)14-23-25(19)22-7-2-3-10-30-22/h4-6,8-9,11-14,22,24H,2-3,7,10H2,1H3/b21-13-. The third-order valence-electron chi connectivity index (χ3n) is 5.12. The molecule has 0 bridgehead atoms. The Labute approximate surface area is 183 Å². The number of carbonyl (C=O) groups excluding carboxylic acids is 1. The minimum Gasteiger partial charge on any atom is -0.356 e. The first-order chi connectivity index (χ1) is 15.0. The van der Waals surface area contributed by atoms with Gasteiger partial charge in [-0.15, -0.1) is 11.8 Å². The normalized spacial score (nSPS) is 16.9. The van der Waals surface area contributed by atoms with Gasteiger partial charge in [0.25, 0.3) is 5.69 Å². The number of nitro groups is 1. The minimum absolute atomic E-state index is 0.0285. The summed E-state index contributed by atoms with van der Waals surface area (Å²) in [6.07, 6.45) is 8.27. The van der Waals surface area contributed by atoms with E-state index in [0.29, 0.717) is 5.03 Å². The van der Waals surface area contributed by atoms with Crippen molar-refractivity contribution >= 4 is 39.8 Å². The summed E-state index contributed by atoms with van der Waals surface area (Å²) in [6.45, 7) is 0.756. The molecule has 1 atom stereocenters. The number of ketones is 1. The highest BCUT2D eigenvalue weighted by Gasteiger charge is 2.18. The molecule has 160 valence electrons. The molecule has 0 spiro atoms. The van der Waals surface area contributed by atoms with Crippen LogP contribution in [-0.2, 0) is 4.74 Å². The SMILES string of the molecule is CS/C(=C\C(=O)c1cccc([N+](=O)[O-])c1)Nc1ccc2c(cnn2C2CCCCO2)c1. The third-order valence-corrected chi connectivity index (χ3v) is 5.77. The molecule has 0 saturated carbocycles. The predicted molar refractivity (Wildman–Crippen MR) is 121 cm³/mol. The van der Waals surface area contributed by atoms with Crippen molar-refractivity contribution in [3.05, 3.63) is 75.4 Å².